The van der Waals surface area contributed by atoms with Crippen molar-refractivity contribution in [3.63, 3.8) is 0 Å². The first-order valence-electron chi connectivity index (χ1n) is 9.41. The van der Waals surface area contributed by atoms with Gasteiger partial charge in [-0.05, 0) is 49.9 Å². The van der Waals surface area contributed by atoms with Gasteiger partial charge in [0.2, 0.25) is 0 Å². The molecule has 1 fully saturated rings. The zero-order valence-corrected chi connectivity index (χ0v) is 16.7. The first kappa shape index (κ1) is 20.5. The molecule has 1 aliphatic rings. The minimum atomic E-state index is -0.764. The largest absolute Gasteiger partial charge is 0.492 e. The maximum Gasteiger partial charge on any atom is 0.317 e. The normalized spacial score (nSPS) is 21.9. The van der Waals surface area contributed by atoms with Gasteiger partial charge in [0.1, 0.15) is 12.4 Å². The van der Waals surface area contributed by atoms with E-state index in [9.17, 15) is 4.79 Å². The Morgan fingerprint density at radius 2 is 1.92 bits per heavy atom. The number of nitrogen functional groups attached to an aromatic ring is 1. The summed E-state index contributed by atoms with van der Waals surface area (Å²) in [7, 11) is 0. The second-order valence-corrected chi connectivity index (χ2v) is 7.77. The molecule has 1 aromatic rings. The quantitative estimate of drug-likeness (QED) is 0.725. The van der Waals surface area contributed by atoms with E-state index in [4.69, 9.17) is 15.6 Å². The number of nitrogens with two attached hydrogens (primary N) is 1. The highest BCUT2D eigenvalue weighted by molar-refractivity contribution is 5.69. The van der Waals surface area contributed by atoms with Crippen molar-refractivity contribution in [2.24, 2.45) is 0 Å². The first-order valence-corrected chi connectivity index (χ1v) is 9.41. The minimum Gasteiger partial charge on any atom is -0.492 e. The second kappa shape index (κ2) is 8.73. The monoisotopic (exact) mass is 363 g/mol. The van der Waals surface area contributed by atoms with Gasteiger partial charge in [0.05, 0.1) is 6.54 Å². The Morgan fingerprint density at radius 1 is 1.31 bits per heavy atom. The molecule has 1 heterocycles. The summed E-state index contributed by atoms with van der Waals surface area (Å²) >= 11 is 0. The molecule has 0 amide bonds. The van der Waals surface area contributed by atoms with Crippen molar-refractivity contribution in [2.75, 3.05) is 38.5 Å². The lowest BCUT2D eigenvalue weighted by Gasteiger charge is -2.43. The molecular formula is C20H33N3O3. The summed E-state index contributed by atoms with van der Waals surface area (Å²) in [5, 5.41) is 9.06. The molecule has 1 saturated heterocycles. The molecule has 1 aliphatic heterocycles. The number of carboxylic acid groups (broad SMARTS) is 1. The number of benzene rings is 1. The number of carbonyl (C=O) groups is 1. The average molecular weight is 364 g/mol. The summed E-state index contributed by atoms with van der Waals surface area (Å²) in [4.78, 5) is 15.4. The molecule has 1 aromatic carbocycles. The standard InChI is InChI=1S/C20H33N3O3/c1-13(2)17-9-18(21)14(3)8-19(17)26-7-6-22-10-15(4)23(12-20(24)25)16(5)11-22/h8-9,13,15-16H,6-7,10-12,21H2,1-5H3,(H,24,25)/t15-,16+. The number of aryl methyl sites for hydroxylation is 1. The van der Waals surface area contributed by atoms with Crippen LogP contribution in [0, 0.1) is 6.92 Å². The Bertz CT molecular complexity index is 621. The van der Waals surface area contributed by atoms with Crippen molar-refractivity contribution in [2.45, 2.75) is 52.6 Å². The highest BCUT2D eigenvalue weighted by Crippen LogP contribution is 2.31. The number of carboxylic acids is 1. The predicted molar refractivity (Wildman–Crippen MR) is 105 cm³/mol. The van der Waals surface area contributed by atoms with E-state index in [0.717, 1.165) is 42.2 Å². The molecule has 0 aromatic heterocycles. The van der Waals surface area contributed by atoms with E-state index < -0.39 is 5.97 Å². The van der Waals surface area contributed by atoms with Crippen LogP contribution >= 0.6 is 0 Å². The smallest absolute Gasteiger partial charge is 0.317 e. The zero-order chi connectivity index (χ0) is 19.4. The first-order chi connectivity index (χ1) is 12.2. The number of hydrogen-bond donors (Lipinski definition) is 2. The van der Waals surface area contributed by atoms with Crippen LogP contribution in [0.3, 0.4) is 0 Å². The van der Waals surface area contributed by atoms with Gasteiger partial charge < -0.3 is 15.6 Å². The molecule has 3 N–H and O–H groups in total. The lowest BCUT2D eigenvalue weighted by Crippen LogP contribution is -2.58. The van der Waals surface area contributed by atoms with Gasteiger partial charge in [-0.15, -0.1) is 0 Å². The van der Waals surface area contributed by atoms with E-state index in [0.29, 0.717) is 12.5 Å². The molecule has 2 rings (SSSR count). The van der Waals surface area contributed by atoms with Crippen LogP contribution in [0.25, 0.3) is 0 Å². The van der Waals surface area contributed by atoms with Crippen molar-refractivity contribution < 1.29 is 14.6 Å². The van der Waals surface area contributed by atoms with Crippen LogP contribution in [0.5, 0.6) is 5.75 Å². The van der Waals surface area contributed by atoms with Crippen molar-refractivity contribution >= 4 is 11.7 Å². The molecule has 146 valence electrons. The summed E-state index contributed by atoms with van der Waals surface area (Å²) in [5.74, 6) is 0.505. The van der Waals surface area contributed by atoms with Crippen molar-refractivity contribution in [3.8, 4) is 5.75 Å². The van der Waals surface area contributed by atoms with Gasteiger partial charge in [-0.25, -0.2) is 0 Å². The molecule has 6 heteroatoms. The molecule has 6 nitrogen and oxygen atoms in total. The fraction of sp³-hybridized carbons (Fsp3) is 0.650. The van der Waals surface area contributed by atoms with Crippen LogP contribution in [0.15, 0.2) is 12.1 Å². The van der Waals surface area contributed by atoms with E-state index in [1.807, 2.05) is 19.1 Å². The molecule has 0 radical (unpaired) electrons. The number of nitrogens with zero attached hydrogens (tertiary/aromatic N) is 2. The van der Waals surface area contributed by atoms with E-state index >= 15 is 0 Å². The summed E-state index contributed by atoms with van der Waals surface area (Å²) in [6.07, 6.45) is 0. The summed E-state index contributed by atoms with van der Waals surface area (Å²) in [6.45, 7) is 13.7. The lowest BCUT2D eigenvalue weighted by atomic mass is 9.99. The van der Waals surface area contributed by atoms with Crippen LogP contribution < -0.4 is 10.5 Å². The molecule has 0 unspecified atom stereocenters. The van der Waals surface area contributed by atoms with Crippen LogP contribution in [-0.4, -0.2) is 65.7 Å². The molecule has 0 spiro atoms. The molecule has 0 saturated carbocycles. The third kappa shape index (κ3) is 5.11. The summed E-state index contributed by atoms with van der Waals surface area (Å²) in [6, 6.07) is 4.49. The van der Waals surface area contributed by atoms with Crippen LogP contribution in [-0.2, 0) is 4.79 Å². The van der Waals surface area contributed by atoms with Crippen molar-refractivity contribution in [1.82, 2.24) is 9.80 Å². The Balaban J connectivity index is 1.93. The van der Waals surface area contributed by atoms with Gasteiger partial charge in [-0.1, -0.05) is 13.8 Å². The number of anilines is 1. The zero-order valence-electron chi connectivity index (χ0n) is 16.7. The second-order valence-electron chi connectivity index (χ2n) is 7.77. The highest BCUT2D eigenvalue weighted by atomic mass is 16.5. The Kier molecular flexibility index (Phi) is 6.89. The predicted octanol–water partition coefficient (Wildman–Crippen LogP) is 2.56. The van der Waals surface area contributed by atoms with E-state index in [1.54, 1.807) is 0 Å². The van der Waals surface area contributed by atoms with Crippen molar-refractivity contribution in [1.29, 1.82) is 0 Å². The number of aliphatic carboxylic acids is 1. The Labute approximate surface area is 156 Å². The number of rotatable bonds is 7. The molecular weight excluding hydrogens is 330 g/mol. The van der Waals surface area contributed by atoms with Gasteiger partial charge in [0.15, 0.2) is 0 Å². The average Bonchev–Trinajstić information content (AvgIpc) is 2.53. The fourth-order valence-corrected chi connectivity index (χ4v) is 3.69. The number of hydrogen-bond acceptors (Lipinski definition) is 5. The SMILES string of the molecule is Cc1cc(OCCN2C[C@@H](C)N(CC(=O)O)[C@@H](C)C2)c(C(C)C)cc1N. The number of piperazine rings is 1. The lowest BCUT2D eigenvalue weighted by molar-refractivity contribution is -0.140. The van der Waals surface area contributed by atoms with Crippen LogP contribution in [0.4, 0.5) is 5.69 Å². The third-order valence-corrected chi connectivity index (χ3v) is 5.18. The van der Waals surface area contributed by atoms with Crippen LogP contribution in [0.2, 0.25) is 0 Å². The van der Waals surface area contributed by atoms with Gasteiger partial charge in [-0.2, -0.15) is 0 Å². The van der Waals surface area contributed by atoms with Gasteiger partial charge in [0, 0.05) is 37.4 Å². The van der Waals surface area contributed by atoms with Gasteiger partial charge in [0.25, 0.3) is 0 Å². The molecule has 2 atom stereocenters. The Hall–Kier alpha value is -1.79. The Morgan fingerprint density at radius 3 is 2.46 bits per heavy atom. The fourth-order valence-electron chi connectivity index (χ4n) is 3.69. The van der Waals surface area contributed by atoms with E-state index in [1.165, 1.54) is 0 Å². The molecule has 26 heavy (non-hydrogen) atoms. The van der Waals surface area contributed by atoms with E-state index in [-0.39, 0.29) is 18.6 Å². The van der Waals surface area contributed by atoms with Gasteiger partial charge >= 0.3 is 5.97 Å². The maximum atomic E-state index is 11.0. The summed E-state index contributed by atoms with van der Waals surface area (Å²) < 4.78 is 6.09. The van der Waals surface area contributed by atoms with Gasteiger partial charge in [-0.3, -0.25) is 14.6 Å². The number of ether oxygens (including phenoxy) is 1. The van der Waals surface area contributed by atoms with Crippen LogP contribution in [0.1, 0.15) is 44.7 Å². The summed E-state index contributed by atoms with van der Waals surface area (Å²) in [5.41, 5.74) is 9.02. The van der Waals surface area contributed by atoms with Crippen molar-refractivity contribution in [3.05, 3.63) is 23.3 Å². The maximum absolute atomic E-state index is 11.0. The van der Waals surface area contributed by atoms with E-state index in [2.05, 4.69) is 37.5 Å². The minimum absolute atomic E-state index is 0.106. The molecule has 0 aliphatic carbocycles. The topological polar surface area (TPSA) is 79.0 Å². The molecule has 0 bridgehead atoms. The highest BCUT2D eigenvalue weighted by Gasteiger charge is 2.30. The third-order valence-electron chi connectivity index (χ3n) is 5.18.